The Morgan fingerprint density at radius 3 is 2.81 bits per heavy atom. The van der Waals surface area contributed by atoms with E-state index in [-0.39, 0.29) is 23.5 Å². The maximum Gasteiger partial charge on any atom is 0.249 e. The van der Waals surface area contributed by atoms with Gasteiger partial charge in [0.25, 0.3) is 0 Å². The number of nitrogens with one attached hydrogen (secondary N) is 2. The van der Waals surface area contributed by atoms with Gasteiger partial charge in [0, 0.05) is 11.7 Å². The molecule has 3 rings (SSSR count). The summed E-state index contributed by atoms with van der Waals surface area (Å²) in [6, 6.07) is 5.77. The van der Waals surface area contributed by atoms with Crippen molar-refractivity contribution in [3.63, 3.8) is 0 Å². The third-order valence-electron chi connectivity index (χ3n) is 3.92. The average Bonchev–Trinajstić information content (AvgIpc) is 3.07. The van der Waals surface area contributed by atoms with E-state index in [0.29, 0.717) is 22.9 Å². The number of amides is 2. The second-order valence-electron chi connectivity index (χ2n) is 6.27. The third-order valence-corrected chi connectivity index (χ3v) is 6.37. The van der Waals surface area contributed by atoms with Crippen LogP contribution in [0.2, 0.25) is 0 Å². The first-order valence-electron chi connectivity index (χ1n) is 8.23. The summed E-state index contributed by atoms with van der Waals surface area (Å²) in [4.78, 5) is 24.7. The zero-order valence-corrected chi connectivity index (χ0v) is 16.0. The van der Waals surface area contributed by atoms with Gasteiger partial charge in [-0.1, -0.05) is 43.4 Å². The molecular formula is C17H19FN4O2S2. The minimum absolute atomic E-state index is 0.238. The van der Waals surface area contributed by atoms with E-state index in [1.807, 2.05) is 13.8 Å². The number of carbonyl (C=O) groups is 2. The van der Waals surface area contributed by atoms with Gasteiger partial charge >= 0.3 is 0 Å². The number of aromatic nitrogens is 2. The second kappa shape index (κ2) is 8.13. The summed E-state index contributed by atoms with van der Waals surface area (Å²) in [7, 11) is 0. The van der Waals surface area contributed by atoms with Gasteiger partial charge in [0.1, 0.15) is 16.9 Å². The number of halogens is 1. The van der Waals surface area contributed by atoms with E-state index in [0.717, 1.165) is 5.01 Å². The Morgan fingerprint density at radius 1 is 1.38 bits per heavy atom. The fourth-order valence-corrected chi connectivity index (χ4v) is 4.39. The van der Waals surface area contributed by atoms with Gasteiger partial charge in [-0.15, -0.1) is 22.0 Å². The molecule has 9 heteroatoms. The Hall–Kier alpha value is -2.00. The fraction of sp³-hybridized carbons (Fsp3) is 0.412. The summed E-state index contributed by atoms with van der Waals surface area (Å²) in [5.74, 6) is -0.237. The summed E-state index contributed by atoms with van der Waals surface area (Å²) < 4.78 is 13.8. The Bertz CT molecular complexity index is 812. The lowest BCUT2D eigenvalue weighted by molar-refractivity contribution is -0.126. The number of carbonyl (C=O) groups excluding carboxylic acids is 2. The van der Waals surface area contributed by atoms with E-state index in [2.05, 4.69) is 20.8 Å². The van der Waals surface area contributed by atoms with Crippen molar-refractivity contribution in [1.29, 1.82) is 0 Å². The van der Waals surface area contributed by atoms with Crippen LogP contribution in [0, 0.1) is 5.82 Å². The molecule has 2 amide bonds. The minimum Gasteiger partial charge on any atom is -0.343 e. The predicted octanol–water partition coefficient (Wildman–Crippen LogP) is 2.58. The summed E-state index contributed by atoms with van der Waals surface area (Å²) in [5, 5.41) is 14.2. The minimum atomic E-state index is -0.643. The number of benzene rings is 1. The molecule has 0 saturated carbocycles. The van der Waals surface area contributed by atoms with Crippen molar-refractivity contribution in [2.45, 2.75) is 37.5 Å². The van der Waals surface area contributed by atoms with Gasteiger partial charge < -0.3 is 5.32 Å². The Balaban J connectivity index is 1.56. The van der Waals surface area contributed by atoms with Crippen molar-refractivity contribution in [2.75, 3.05) is 11.1 Å². The molecule has 1 aromatic carbocycles. The predicted molar refractivity (Wildman–Crippen MR) is 101 cm³/mol. The molecule has 6 nitrogen and oxygen atoms in total. The number of nitrogens with zero attached hydrogens (tertiary/aromatic N) is 2. The molecule has 1 aromatic heterocycles. The van der Waals surface area contributed by atoms with E-state index in [4.69, 9.17) is 0 Å². The van der Waals surface area contributed by atoms with Crippen LogP contribution in [-0.4, -0.2) is 39.1 Å². The molecule has 2 N–H and O–H groups in total. The molecule has 2 aromatic rings. The first-order valence-corrected chi connectivity index (χ1v) is 10.1. The van der Waals surface area contributed by atoms with E-state index in [1.165, 1.54) is 29.2 Å². The third kappa shape index (κ3) is 4.39. The van der Waals surface area contributed by atoms with Crippen molar-refractivity contribution in [3.05, 3.63) is 40.7 Å². The number of hydrogen-bond donors (Lipinski definition) is 2. The van der Waals surface area contributed by atoms with Crippen LogP contribution in [0.15, 0.2) is 24.3 Å². The van der Waals surface area contributed by atoms with Gasteiger partial charge in [-0.05, 0) is 18.1 Å². The normalized spacial score (nSPS) is 20.1. The van der Waals surface area contributed by atoms with Crippen LogP contribution in [-0.2, 0) is 16.0 Å². The van der Waals surface area contributed by atoms with Crippen LogP contribution in [0.3, 0.4) is 0 Å². The second-order valence-corrected chi connectivity index (χ2v) is 8.51. The molecular weight excluding hydrogens is 375 g/mol. The Kier molecular flexibility index (Phi) is 5.87. The van der Waals surface area contributed by atoms with Gasteiger partial charge in [0.05, 0.1) is 5.25 Å². The number of hydrogen-bond acceptors (Lipinski definition) is 6. The van der Waals surface area contributed by atoms with Gasteiger partial charge in [-0.25, -0.2) is 4.39 Å². The summed E-state index contributed by atoms with van der Waals surface area (Å²) >= 11 is 2.68. The Labute approximate surface area is 159 Å². The standard InChI is InChI=1S/C17H19FN4O2S2/c1-9(2)16-21-22-17(26-16)20-14(23)12-8-25-13(15(24)19-12)7-10-5-3-4-6-11(10)18/h3-6,9,12-13H,7-8H2,1-2H3,(H,19,24)(H,20,22,23)/t12-,13-/m1/s1. The molecule has 0 spiro atoms. The van der Waals surface area contributed by atoms with Crippen LogP contribution in [0.25, 0.3) is 0 Å². The molecule has 1 aliphatic rings. The van der Waals surface area contributed by atoms with E-state index < -0.39 is 11.3 Å². The molecule has 1 fully saturated rings. The zero-order valence-electron chi connectivity index (χ0n) is 14.4. The summed E-state index contributed by atoms with van der Waals surface area (Å²) in [6.07, 6.45) is 0.297. The smallest absolute Gasteiger partial charge is 0.249 e. The topological polar surface area (TPSA) is 84.0 Å². The monoisotopic (exact) mass is 394 g/mol. The van der Waals surface area contributed by atoms with Crippen LogP contribution in [0.4, 0.5) is 9.52 Å². The number of thioether (sulfide) groups is 1. The molecule has 2 atom stereocenters. The fourth-order valence-electron chi connectivity index (χ4n) is 2.46. The number of anilines is 1. The highest BCUT2D eigenvalue weighted by molar-refractivity contribution is 8.00. The lowest BCUT2D eigenvalue weighted by Crippen LogP contribution is -2.52. The molecule has 0 radical (unpaired) electrons. The van der Waals surface area contributed by atoms with E-state index in [1.54, 1.807) is 18.2 Å². The van der Waals surface area contributed by atoms with Crippen molar-refractivity contribution in [1.82, 2.24) is 15.5 Å². The summed E-state index contributed by atoms with van der Waals surface area (Å²) in [5.41, 5.74) is 0.498. The largest absolute Gasteiger partial charge is 0.343 e. The molecule has 0 bridgehead atoms. The van der Waals surface area contributed by atoms with Crippen LogP contribution >= 0.6 is 23.1 Å². The SMILES string of the molecule is CC(C)c1nnc(NC(=O)[C@H]2CS[C@H](Cc3ccccc3F)C(=O)N2)s1. The van der Waals surface area contributed by atoms with Crippen molar-refractivity contribution >= 4 is 40.0 Å². The van der Waals surface area contributed by atoms with Gasteiger partial charge in [0.15, 0.2) is 0 Å². The van der Waals surface area contributed by atoms with Crippen molar-refractivity contribution < 1.29 is 14.0 Å². The first-order chi connectivity index (χ1) is 12.4. The van der Waals surface area contributed by atoms with Crippen molar-refractivity contribution in [2.24, 2.45) is 0 Å². The molecule has 138 valence electrons. The highest BCUT2D eigenvalue weighted by Gasteiger charge is 2.33. The maximum absolute atomic E-state index is 13.8. The van der Waals surface area contributed by atoms with E-state index >= 15 is 0 Å². The molecule has 1 saturated heterocycles. The first kappa shape index (κ1) is 18.8. The lowest BCUT2D eigenvalue weighted by Gasteiger charge is -2.27. The maximum atomic E-state index is 13.8. The molecule has 2 heterocycles. The molecule has 26 heavy (non-hydrogen) atoms. The Morgan fingerprint density at radius 2 is 2.15 bits per heavy atom. The average molecular weight is 394 g/mol. The van der Waals surface area contributed by atoms with Crippen LogP contribution in [0.1, 0.15) is 30.3 Å². The number of rotatable bonds is 5. The molecule has 0 aliphatic carbocycles. The lowest BCUT2D eigenvalue weighted by atomic mass is 10.1. The van der Waals surface area contributed by atoms with Gasteiger partial charge in [0.2, 0.25) is 16.9 Å². The zero-order chi connectivity index (χ0) is 18.7. The van der Waals surface area contributed by atoms with Crippen molar-refractivity contribution in [3.8, 4) is 0 Å². The highest BCUT2D eigenvalue weighted by atomic mass is 32.2. The van der Waals surface area contributed by atoms with E-state index in [9.17, 15) is 14.0 Å². The molecule has 1 aliphatic heterocycles. The summed E-state index contributed by atoms with van der Waals surface area (Å²) in [6.45, 7) is 4.00. The van der Waals surface area contributed by atoms with Crippen LogP contribution < -0.4 is 10.6 Å². The molecule has 0 unspecified atom stereocenters. The highest BCUT2D eigenvalue weighted by Crippen LogP contribution is 2.25. The van der Waals surface area contributed by atoms with Gasteiger partial charge in [-0.3, -0.25) is 14.9 Å². The quantitative estimate of drug-likeness (QED) is 0.814. The van der Waals surface area contributed by atoms with Crippen LogP contribution in [0.5, 0.6) is 0 Å². The van der Waals surface area contributed by atoms with Gasteiger partial charge in [-0.2, -0.15) is 0 Å².